The average molecular weight is 217 g/mol. The molecule has 0 aliphatic rings. The zero-order valence-corrected chi connectivity index (χ0v) is 10.1. The van der Waals surface area contributed by atoms with Crippen molar-refractivity contribution in [2.75, 3.05) is 13.2 Å². The zero-order valence-electron chi connectivity index (χ0n) is 10.1. The van der Waals surface area contributed by atoms with E-state index in [1.165, 1.54) is 0 Å². The van der Waals surface area contributed by atoms with Gasteiger partial charge in [0.1, 0.15) is 6.04 Å². The zero-order chi connectivity index (χ0) is 11.8. The Kier molecular flexibility index (Phi) is 7.34. The monoisotopic (exact) mass is 217 g/mol. The van der Waals surface area contributed by atoms with Crippen LogP contribution >= 0.6 is 0 Å². The molecule has 0 aromatic rings. The van der Waals surface area contributed by atoms with Crippen LogP contribution in [0.3, 0.4) is 0 Å². The lowest BCUT2D eigenvalue weighted by molar-refractivity contribution is -0.146. The number of aliphatic hydroxyl groups is 1. The summed E-state index contributed by atoms with van der Waals surface area (Å²) in [5, 5.41) is 12.1. The van der Waals surface area contributed by atoms with Crippen LogP contribution in [-0.2, 0) is 9.53 Å². The highest BCUT2D eigenvalue weighted by Crippen LogP contribution is 2.04. The SMILES string of the molecule is CCOC(=O)C(CC)NC(C)C(C)CO. The van der Waals surface area contributed by atoms with E-state index >= 15 is 0 Å². The maximum atomic E-state index is 11.5. The molecule has 0 rings (SSSR count). The number of nitrogens with one attached hydrogen (secondary N) is 1. The molecule has 0 spiro atoms. The lowest BCUT2D eigenvalue weighted by Crippen LogP contribution is -2.45. The molecular weight excluding hydrogens is 194 g/mol. The molecule has 0 amide bonds. The van der Waals surface area contributed by atoms with E-state index in [4.69, 9.17) is 9.84 Å². The molecule has 0 fully saturated rings. The fraction of sp³-hybridized carbons (Fsp3) is 0.909. The fourth-order valence-corrected chi connectivity index (χ4v) is 1.24. The Labute approximate surface area is 92.0 Å². The van der Waals surface area contributed by atoms with Crippen molar-refractivity contribution >= 4 is 5.97 Å². The van der Waals surface area contributed by atoms with Gasteiger partial charge in [0.2, 0.25) is 0 Å². The van der Waals surface area contributed by atoms with Crippen molar-refractivity contribution in [1.29, 1.82) is 0 Å². The van der Waals surface area contributed by atoms with Gasteiger partial charge in [-0.2, -0.15) is 0 Å². The van der Waals surface area contributed by atoms with Gasteiger partial charge in [-0.3, -0.25) is 4.79 Å². The third kappa shape index (κ3) is 5.14. The van der Waals surface area contributed by atoms with E-state index in [0.717, 1.165) is 0 Å². The van der Waals surface area contributed by atoms with Gasteiger partial charge < -0.3 is 15.2 Å². The summed E-state index contributed by atoms with van der Waals surface area (Å²) in [7, 11) is 0. The molecule has 90 valence electrons. The van der Waals surface area contributed by atoms with Crippen molar-refractivity contribution < 1.29 is 14.6 Å². The lowest BCUT2D eigenvalue weighted by Gasteiger charge is -2.24. The van der Waals surface area contributed by atoms with Crippen LogP contribution in [0.25, 0.3) is 0 Å². The van der Waals surface area contributed by atoms with Gasteiger partial charge in [-0.1, -0.05) is 13.8 Å². The summed E-state index contributed by atoms with van der Waals surface area (Å²) < 4.78 is 4.95. The van der Waals surface area contributed by atoms with E-state index in [1.807, 2.05) is 20.8 Å². The minimum Gasteiger partial charge on any atom is -0.465 e. The summed E-state index contributed by atoms with van der Waals surface area (Å²) in [6.07, 6.45) is 0.696. The van der Waals surface area contributed by atoms with Crippen molar-refractivity contribution in [3.8, 4) is 0 Å². The summed E-state index contributed by atoms with van der Waals surface area (Å²) in [6, 6.07) is -0.168. The molecule has 15 heavy (non-hydrogen) atoms. The second kappa shape index (κ2) is 7.65. The number of esters is 1. The summed E-state index contributed by atoms with van der Waals surface area (Å²) in [5.74, 6) is -0.0783. The van der Waals surface area contributed by atoms with Crippen LogP contribution in [0.2, 0.25) is 0 Å². The molecule has 0 radical (unpaired) electrons. The quantitative estimate of drug-likeness (QED) is 0.623. The summed E-state index contributed by atoms with van der Waals surface area (Å²) in [4.78, 5) is 11.5. The Morgan fingerprint density at radius 3 is 2.40 bits per heavy atom. The molecule has 0 aliphatic heterocycles. The van der Waals surface area contributed by atoms with E-state index in [9.17, 15) is 4.79 Å². The number of aliphatic hydroxyl groups excluding tert-OH is 1. The first-order valence-electron chi connectivity index (χ1n) is 5.60. The molecule has 0 heterocycles. The maximum absolute atomic E-state index is 11.5. The molecule has 3 unspecified atom stereocenters. The van der Waals surface area contributed by atoms with Crippen LogP contribution in [0.5, 0.6) is 0 Å². The molecule has 0 aromatic carbocycles. The van der Waals surface area contributed by atoms with Crippen molar-refractivity contribution in [3.63, 3.8) is 0 Å². The highest BCUT2D eigenvalue weighted by molar-refractivity contribution is 5.75. The van der Waals surface area contributed by atoms with Gasteiger partial charge in [0, 0.05) is 12.6 Å². The average Bonchev–Trinajstić information content (AvgIpc) is 2.24. The van der Waals surface area contributed by atoms with Crippen molar-refractivity contribution in [2.24, 2.45) is 5.92 Å². The predicted octanol–water partition coefficient (Wildman–Crippen LogP) is 0.935. The van der Waals surface area contributed by atoms with Crippen LogP contribution in [-0.4, -0.2) is 36.4 Å². The lowest BCUT2D eigenvalue weighted by atomic mass is 10.0. The van der Waals surface area contributed by atoms with Gasteiger partial charge in [0.25, 0.3) is 0 Å². The van der Waals surface area contributed by atoms with E-state index in [2.05, 4.69) is 5.32 Å². The molecule has 0 aromatic heterocycles. The standard InChI is InChI=1S/C11H23NO3/c1-5-10(11(14)15-6-2)12-9(4)8(3)7-13/h8-10,12-13H,5-7H2,1-4H3. The van der Waals surface area contributed by atoms with Crippen LogP contribution in [0.4, 0.5) is 0 Å². The van der Waals surface area contributed by atoms with E-state index in [-0.39, 0.29) is 30.6 Å². The number of carbonyl (C=O) groups is 1. The molecule has 0 bridgehead atoms. The Hall–Kier alpha value is -0.610. The number of hydrogen-bond acceptors (Lipinski definition) is 4. The van der Waals surface area contributed by atoms with Gasteiger partial charge in [0.05, 0.1) is 6.61 Å². The number of rotatable bonds is 7. The van der Waals surface area contributed by atoms with E-state index in [0.29, 0.717) is 13.0 Å². The summed E-state index contributed by atoms with van der Waals surface area (Å²) in [5.41, 5.74) is 0. The van der Waals surface area contributed by atoms with Crippen LogP contribution in [0.1, 0.15) is 34.1 Å². The number of ether oxygens (including phenoxy) is 1. The Morgan fingerprint density at radius 2 is 2.00 bits per heavy atom. The predicted molar refractivity (Wildman–Crippen MR) is 59.6 cm³/mol. The third-order valence-corrected chi connectivity index (χ3v) is 2.58. The number of carbonyl (C=O) groups excluding carboxylic acids is 1. The topological polar surface area (TPSA) is 58.6 Å². The van der Waals surface area contributed by atoms with Crippen molar-refractivity contribution in [3.05, 3.63) is 0 Å². The first-order chi connectivity index (χ1) is 7.06. The normalized spacial score (nSPS) is 16.9. The molecule has 2 N–H and O–H groups in total. The molecule has 0 aliphatic carbocycles. The Balaban J connectivity index is 4.14. The first-order valence-corrected chi connectivity index (χ1v) is 5.60. The van der Waals surface area contributed by atoms with Gasteiger partial charge in [0.15, 0.2) is 0 Å². The van der Waals surface area contributed by atoms with E-state index in [1.54, 1.807) is 6.92 Å². The second-order valence-corrected chi connectivity index (χ2v) is 3.83. The fourth-order valence-electron chi connectivity index (χ4n) is 1.24. The Bertz CT molecular complexity index is 185. The molecule has 0 saturated carbocycles. The molecule has 4 nitrogen and oxygen atoms in total. The van der Waals surface area contributed by atoms with Crippen LogP contribution < -0.4 is 5.32 Å². The summed E-state index contributed by atoms with van der Waals surface area (Å²) >= 11 is 0. The van der Waals surface area contributed by atoms with Gasteiger partial charge in [-0.05, 0) is 26.2 Å². The first kappa shape index (κ1) is 14.4. The Morgan fingerprint density at radius 1 is 1.40 bits per heavy atom. The maximum Gasteiger partial charge on any atom is 0.323 e. The molecule has 3 atom stereocenters. The minimum absolute atomic E-state index is 0.101. The largest absolute Gasteiger partial charge is 0.465 e. The van der Waals surface area contributed by atoms with Crippen molar-refractivity contribution in [1.82, 2.24) is 5.32 Å². The molecule has 4 heteroatoms. The molecule has 0 saturated heterocycles. The highest BCUT2D eigenvalue weighted by atomic mass is 16.5. The van der Waals surface area contributed by atoms with Gasteiger partial charge >= 0.3 is 5.97 Å². The van der Waals surface area contributed by atoms with E-state index < -0.39 is 0 Å². The third-order valence-electron chi connectivity index (χ3n) is 2.58. The smallest absolute Gasteiger partial charge is 0.323 e. The number of hydrogen-bond donors (Lipinski definition) is 2. The second-order valence-electron chi connectivity index (χ2n) is 3.83. The summed E-state index contributed by atoms with van der Waals surface area (Å²) in [6.45, 7) is 8.15. The minimum atomic E-state index is -0.269. The van der Waals surface area contributed by atoms with Gasteiger partial charge in [-0.25, -0.2) is 0 Å². The molecular formula is C11H23NO3. The van der Waals surface area contributed by atoms with Gasteiger partial charge in [-0.15, -0.1) is 0 Å². The van der Waals surface area contributed by atoms with Crippen LogP contribution in [0, 0.1) is 5.92 Å². The van der Waals surface area contributed by atoms with Crippen LogP contribution in [0.15, 0.2) is 0 Å². The van der Waals surface area contributed by atoms with Crippen molar-refractivity contribution in [2.45, 2.75) is 46.2 Å². The highest BCUT2D eigenvalue weighted by Gasteiger charge is 2.21.